The number of ether oxygens (including phenoxy) is 1. The van der Waals surface area contributed by atoms with Crippen LogP contribution in [-0.2, 0) is 9.53 Å². The maximum Gasteiger partial charge on any atom is 0.339 e. The van der Waals surface area contributed by atoms with Gasteiger partial charge in [-0.3, -0.25) is 0 Å². The highest BCUT2D eigenvalue weighted by Crippen LogP contribution is 2.22. The Hall–Kier alpha value is -1.06. The third-order valence-electron chi connectivity index (χ3n) is 1.62. The second-order valence-corrected chi connectivity index (χ2v) is 2.85. The van der Waals surface area contributed by atoms with E-state index in [0.29, 0.717) is 10.6 Å². The molecule has 0 aromatic heterocycles. The van der Waals surface area contributed by atoms with E-state index in [-0.39, 0.29) is 7.43 Å². The van der Waals surface area contributed by atoms with Crippen molar-refractivity contribution in [2.24, 2.45) is 0 Å². The van der Waals surface area contributed by atoms with Crippen LogP contribution in [0.1, 0.15) is 19.1 Å². The molecular formula is C10H13ClO3. The van der Waals surface area contributed by atoms with Crippen molar-refractivity contribution in [2.75, 3.05) is 7.11 Å². The number of carbonyl (C=O) groups is 1. The van der Waals surface area contributed by atoms with Crippen LogP contribution >= 0.6 is 11.6 Å². The Labute approximate surface area is 88.3 Å². The van der Waals surface area contributed by atoms with Crippen molar-refractivity contribution in [3.63, 3.8) is 0 Å². The van der Waals surface area contributed by atoms with Crippen molar-refractivity contribution in [1.82, 2.24) is 0 Å². The highest BCUT2D eigenvalue weighted by atomic mass is 35.5. The van der Waals surface area contributed by atoms with Gasteiger partial charge in [0.15, 0.2) is 6.10 Å². The van der Waals surface area contributed by atoms with E-state index in [4.69, 9.17) is 11.6 Å². The summed E-state index contributed by atoms with van der Waals surface area (Å²) in [5, 5.41) is 9.76. The molecule has 1 rings (SSSR count). The number of benzene rings is 1. The van der Waals surface area contributed by atoms with Crippen LogP contribution in [0.3, 0.4) is 0 Å². The Morgan fingerprint density at radius 2 is 2.07 bits per heavy atom. The Balaban J connectivity index is 0.00000169. The third kappa shape index (κ3) is 2.72. The first-order valence-corrected chi connectivity index (χ1v) is 4.05. The smallest absolute Gasteiger partial charge is 0.339 e. The number of rotatable bonds is 2. The second kappa shape index (κ2) is 5.62. The zero-order valence-corrected chi connectivity index (χ0v) is 7.78. The highest BCUT2D eigenvalue weighted by Gasteiger charge is 2.19. The molecule has 0 saturated carbocycles. The first kappa shape index (κ1) is 12.9. The second-order valence-electron chi connectivity index (χ2n) is 2.45. The lowest BCUT2D eigenvalue weighted by atomic mass is 10.1. The van der Waals surface area contributed by atoms with Gasteiger partial charge in [0, 0.05) is 10.6 Å². The molecule has 0 aliphatic carbocycles. The average molecular weight is 217 g/mol. The van der Waals surface area contributed by atoms with Crippen LogP contribution in [0.5, 0.6) is 0 Å². The maximum atomic E-state index is 10.9. The number of esters is 1. The largest absolute Gasteiger partial charge is 0.467 e. The van der Waals surface area contributed by atoms with Gasteiger partial charge in [-0.15, -0.1) is 0 Å². The molecule has 1 aromatic carbocycles. The minimum atomic E-state index is -1.31. The normalized spacial score (nSPS) is 11.4. The number of hydrogen-bond acceptors (Lipinski definition) is 3. The molecule has 14 heavy (non-hydrogen) atoms. The number of aliphatic hydroxyl groups is 1. The summed E-state index contributed by atoms with van der Waals surface area (Å²) in [4.78, 5) is 10.9. The molecule has 0 heterocycles. The molecule has 3 nitrogen and oxygen atoms in total. The van der Waals surface area contributed by atoms with Gasteiger partial charge >= 0.3 is 5.97 Å². The van der Waals surface area contributed by atoms with Crippen LogP contribution in [0.15, 0.2) is 24.3 Å². The summed E-state index contributed by atoms with van der Waals surface area (Å²) in [7, 11) is 1.21. The molecule has 0 aliphatic rings. The standard InChI is InChI=1S/C9H9ClO3.CH4/c1-13-9(12)8(11)6-4-2-3-5-7(6)10;/h2-5,8,11H,1H3;1H4/t8-;/m0./s1. The zero-order chi connectivity index (χ0) is 9.84. The molecule has 1 atom stereocenters. The van der Waals surface area contributed by atoms with Crippen molar-refractivity contribution in [2.45, 2.75) is 13.5 Å². The van der Waals surface area contributed by atoms with E-state index < -0.39 is 12.1 Å². The number of methoxy groups -OCH3 is 1. The van der Waals surface area contributed by atoms with Crippen molar-refractivity contribution in [1.29, 1.82) is 0 Å². The van der Waals surface area contributed by atoms with Crippen molar-refractivity contribution in [3.05, 3.63) is 34.9 Å². The molecule has 4 heteroatoms. The number of halogens is 1. The molecule has 0 amide bonds. The van der Waals surface area contributed by atoms with E-state index in [9.17, 15) is 9.90 Å². The molecule has 1 N–H and O–H groups in total. The van der Waals surface area contributed by atoms with Gasteiger partial charge in [-0.2, -0.15) is 0 Å². The van der Waals surface area contributed by atoms with E-state index >= 15 is 0 Å². The summed E-state index contributed by atoms with van der Waals surface area (Å²) >= 11 is 5.75. The minimum Gasteiger partial charge on any atom is -0.467 e. The van der Waals surface area contributed by atoms with Crippen molar-refractivity contribution >= 4 is 17.6 Å². The minimum absolute atomic E-state index is 0. The summed E-state index contributed by atoms with van der Waals surface area (Å²) in [5.74, 6) is -0.715. The van der Waals surface area contributed by atoms with Gasteiger partial charge in [-0.1, -0.05) is 37.2 Å². The molecule has 0 saturated heterocycles. The van der Waals surface area contributed by atoms with Gasteiger partial charge in [-0.05, 0) is 6.07 Å². The average Bonchev–Trinajstić information content (AvgIpc) is 2.16. The molecule has 0 aliphatic heterocycles. The van der Waals surface area contributed by atoms with Crippen LogP contribution in [0.4, 0.5) is 0 Å². The van der Waals surface area contributed by atoms with Gasteiger partial charge < -0.3 is 9.84 Å². The van der Waals surface area contributed by atoms with E-state index in [2.05, 4.69) is 4.74 Å². The summed E-state index contributed by atoms with van der Waals surface area (Å²) < 4.78 is 4.37. The maximum absolute atomic E-state index is 10.9. The molecule has 1 aromatic rings. The Morgan fingerprint density at radius 3 is 2.57 bits per heavy atom. The summed E-state index contributed by atoms with van der Waals surface area (Å²) in [6, 6.07) is 6.58. The molecule has 0 spiro atoms. The van der Waals surface area contributed by atoms with Gasteiger partial charge in [0.25, 0.3) is 0 Å². The third-order valence-corrected chi connectivity index (χ3v) is 1.97. The van der Waals surface area contributed by atoms with E-state index in [1.54, 1.807) is 24.3 Å². The van der Waals surface area contributed by atoms with Crippen LogP contribution in [0, 0.1) is 0 Å². The lowest BCUT2D eigenvalue weighted by Gasteiger charge is -2.09. The molecule has 0 radical (unpaired) electrons. The van der Waals surface area contributed by atoms with Crippen LogP contribution in [-0.4, -0.2) is 18.2 Å². The summed E-state index contributed by atoms with van der Waals surface area (Å²) in [6.45, 7) is 0. The van der Waals surface area contributed by atoms with Gasteiger partial charge in [0.1, 0.15) is 0 Å². The molecular weight excluding hydrogens is 204 g/mol. The van der Waals surface area contributed by atoms with Crippen LogP contribution in [0.25, 0.3) is 0 Å². The van der Waals surface area contributed by atoms with E-state index in [1.165, 1.54) is 7.11 Å². The predicted octanol–water partition coefficient (Wildman–Crippen LogP) is 2.18. The monoisotopic (exact) mass is 216 g/mol. The highest BCUT2D eigenvalue weighted by molar-refractivity contribution is 6.31. The van der Waals surface area contributed by atoms with Crippen molar-refractivity contribution < 1.29 is 14.6 Å². The van der Waals surface area contributed by atoms with Crippen LogP contribution < -0.4 is 0 Å². The summed E-state index contributed by atoms with van der Waals surface area (Å²) in [6.07, 6.45) is -1.31. The SMILES string of the molecule is C.COC(=O)[C@@H](O)c1ccccc1Cl. The van der Waals surface area contributed by atoms with E-state index in [1.807, 2.05) is 0 Å². The topological polar surface area (TPSA) is 46.5 Å². The number of hydrogen-bond donors (Lipinski definition) is 1. The lowest BCUT2D eigenvalue weighted by molar-refractivity contribution is -0.150. The molecule has 78 valence electrons. The predicted molar refractivity (Wildman–Crippen MR) is 55.2 cm³/mol. The zero-order valence-electron chi connectivity index (χ0n) is 7.03. The van der Waals surface area contributed by atoms with Gasteiger partial charge in [-0.25, -0.2) is 4.79 Å². The quantitative estimate of drug-likeness (QED) is 0.771. The molecule has 0 unspecified atom stereocenters. The van der Waals surface area contributed by atoms with Gasteiger partial charge in [0.2, 0.25) is 0 Å². The number of carbonyl (C=O) groups excluding carboxylic acids is 1. The van der Waals surface area contributed by atoms with Crippen LogP contribution in [0.2, 0.25) is 5.02 Å². The lowest BCUT2D eigenvalue weighted by Crippen LogP contribution is -2.13. The van der Waals surface area contributed by atoms with Gasteiger partial charge in [0.05, 0.1) is 7.11 Å². The fourth-order valence-corrected chi connectivity index (χ4v) is 1.17. The first-order chi connectivity index (χ1) is 6.16. The Morgan fingerprint density at radius 1 is 1.50 bits per heavy atom. The molecule has 0 bridgehead atoms. The fraction of sp³-hybridized carbons (Fsp3) is 0.300. The Kier molecular flexibility index (Phi) is 5.20. The summed E-state index contributed by atoms with van der Waals surface area (Å²) in [5.41, 5.74) is 0.357. The fourth-order valence-electron chi connectivity index (χ4n) is 0.935. The number of aliphatic hydroxyl groups excluding tert-OH is 1. The Bertz CT molecular complexity index is 312. The molecule has 0 fully saturated rings. The first-order valence-electron chi connectivity index (χ1n) is 3.67. The van der Waals surface area contributed by atoms with Crippen molar-refractivity contribution in [3.8, 4) is 0 Å². The van der Waals surface area contributed by atoms with E-state index in [0.717, 1.165) is 0 Å².